The van der Waals surface area contributed by atoms with Crippen LogP contribution in [0.1, 0.15) is 6.92 Å². The molecule has 1 unspecified atom stereocenters. The summed E-state index contributed by atoms with van der Waals surface area (Å²) in [4.78, 5) is 23.4. The molecule has 0 saturated heterocycles. The molecule has 36 heavy (non-hydrogen) atoms. The van der Waals surface area contributed by atoms with Crippen LogP contribution >= 0.6 is 129 Å². The van der Waals surface area contributed by atoms with Crippen molar-refractivity contribution in [2.24, 2.45) is 0 Å². The Bertz CT molecular complexity index is 509. The van der Waals surface area contributed by atoms with Crippen molar-refractivity contribution in [3.63, 3.8) is 0 Å². The van der Waals surface area contributed by atoms with E-state index < -0.39 is 11.2 Å². The molecule has 0 aromatic heterocycles. The summed E-state index contributed by atoms with van der Waals surface area (Å²) >= 11 is 18.1. The van der Waals surface area contributed by atoms with Crippen molar-refractivity contribution in [2.45, 2.75) is 6.92 Å². The Balaban J connectivity index is 3.27. The largest absolute Gasteiger partial charge is 0.616 e. The Labute approximate surface area is 267 Å². The van der Waals surface area contributed by atoms with Gasteiger partial charge in [-0.25, -0.2) is 0 Å². The van der Waals surface area contributed by atoms with Crippen LogP contribution in [0.3, 0.4) is 0 Å². The van der Waals surface area contributed by atoms with E-state index in [1.807, 2.05) is 35.3 Å². The lowest BCUT2D eigenvalue weighted by Crippen LogP contribution is -2.11. The first-order chi connectivity index (χ1) is 17.6. The second-order valence-corrected chi connectivity index (χ2v) is 21.9. The minimum absolute atomic E-state index is 0.0974. The lowest BCUT2D eigenvalue weighted by Gasteiger charge is -2.09. The number of hydrogen-bond donors (Lipinski definition) is 1. The average Bonchev–Trinajstić information content (AvgIpc) is 2.86. The Hall–Kier alpha value is 3.26. The quantitative estimate of drug-likeness (QED) is 0.0411. The molecular formula is C19H36O5S12. The number of aliphatic hydroxyl groups is 1. The summed E-state index contributed by atoms with van der Waals surface area (Å²) in [6, 6.07) is 0. The maximum absolute atomic E-state index is 12.0. The third-order valence-corrected chi connectivity index (χ3v) is 18.1. The highest BCUT2D eigenvalue weighted by molar-refractivity contribution is 8.31. The van der Waals surface area contributed by atoms with Gasteiger partial charge >= 0.3 is 5.97 Å². The highest BCUT2D eigenvalue weighted by atomic mass is 32.3. The second kappa shape index (κ2) is 32.8. The first-order valence-corrected chi connectivity index (χ1v) is 24.7. The van der Waals surface area contributed by atoms with Crippen LogP contribution in [0.25, 0.3) is 0 Å². The monoisotopic (exact) mass is 728 g/mol. The third kappa shape index (κ3) is 31.8. The molecule has 0 aliphatic rings. The molecule has 214 valence electrons. The molecule has 0 radical (unpaired) electrons. The predicted octanol–water partition coefficient (Wildman–Crippen LogP) is 6.50. The van der Waals surface area contributed by atoms with Gasteiger partial charge in [0.15, 0.2) is 10.2 Å². The summed E-state index contributed by atoms with van der Waals surface area (Å²) < 4.78 is 16.8. The lowest BCUT2D eigenvalue weighted by atomic mass is 10.8. The molecule has 0 heterocycles. The molecule has 0 saturated carbocycles. The highest BCUT2D eigenvalue weighted by Gasteiger charge is 2.06. The van der Waals surface area contributed by atoms with Crippen molar-refractivity contribution in [3.05, 3.63) is 0 Å². The summed E-state index contributed by atoms with van der Waals surface area (Å²) in [6.45, 7) is 2.23. The van der Waals surface area contributed by atoms with E-state index >= 15 is 0 Å². The van der Waals surface area contributed by atoms with E-state index in [9.17, 15) is 14.1 Å². The van der Waals surface area contributed by atoms with Crippen molar-refractivity contribution in [3.8, 4) is 0 Å². The number of aliphatic hydroxyl groups excluding tert-OH is 1. The first-order valence-electron chi connectivity index (χ1n) is 10.6. The standard InChI is InChI=1S/C19H36O5S12/c1-2-25-5-6-36(23)17-34-15-32-13-31-14-33-16-35-19(22)8-28-11-30-12-29-10-27-7-18(21)24-9-26-4-3-20/h20H,2-17H2,1H3. The third-order valence-electron chi connectivity index (χ3n) is 3.16. The zero-order valence-corrected chi connectivity index (χ0v) is 30.1. The number of carbonyl (C=O) groups is 2. The Morgan fingerprint density at radius 3 is 1.97 bits per heavy atom. The molecule has 0 bridgehead atoms. The molecule has 1 atom stereocenters. The lowest BCUT2D eigenvalue weighted by molar-refractivity contribution is -0.138. The van der Waals surface area contributed by atoms with Crippen LogP contribution < -0.4 is 0 Å². The maximum Gasteiger partial charge on any atom is 0.316 e. The van der Waals surface area contributed by atoms with Crippen LogP contribution in [-0.4, -0.2) is 108 Å². The normalized spacial score (nSPS) is 12.1. The van der Waals surface area contributed by atoms with Crippen LogP contribution in [0.4, 0.5) is 0 Å². The molecule has 17 heteroatoms. The zero-order chi connectivity index (χ0) is 26.5. The topological polar surface area (TPSA) is 86.7 Å². The van der Waals surface area contributed by atoms with E-state index in [0.717, 1.165) is 57.9 Å². The van der Waals surface area contributed by atoms with Gasteiger partial charge in [-0.15, -0.1) is 94.1 Å². The van der Waals surface area contributed by atoms with Crippen molar-refractivity contribution in [2.75, 3.05) is 87.7 Å². The molecule has 0 fully saturated rings. The average molecular weight is 729 g/mol. The number of carbonyl (C=O) groups excluding carboxylic acids is 2. The Kier molecular flexibility index (Phi) is 35.7. The summed E-state index contributed by atoms with van der Waals surface area (Å²) in [5, 5.41) is 16.2. The molecule has 0 aliphatic carbocycles. The first kappa shape index (κ1) is 39.3. The van der Waals surface area contributed by atoms with Gasteiger partial charge in [0, 0.05) is 47.1 Å². The van der Waals surface area contributed by atoms with Gasteiger partial charge in [0.2, 0.25) is 0 Å². The SMILES string of the molecule is CCSCC[S+]([O-])CSCSCSCSCSC(=O)CSCSCSCSCC(=O)OCSCCO. The molecule has 0 amide bonds. The smallest absolute Gasteiger partial charge is 0.316 e. The molecule has 5 nitrogen and oxygen atoms in total. The minimum atomic E-state index is -0.688. The number of ether oxygens (including phenoxy) is 1. The van der Waals surface area contributed by atoms with Gasteiger partial charge < -0.3 is 14.4 Å². The van der Waals surface area contributed by atoms with E-state index in [1.165, 1.54) is 23.5 Å². The summed E-state index contributed by atoms with van der Waals surface area (Å²) in [6.07, 6.45) is 0. The van der Waals surface area contributed by atoms with Crippen LogP contribution in [-0.2, 0) is 25.5 Å². The van der Waals surface area contributed by atoms with E-state index in [1.54, 1.807) is 70.6 Å². The van der Waals surface area contributed by atoms with E-state index in [0.29, 0.717) is 23.2 Å². The fraction of sp³-hybridized carbons (Fsp3) is 0.895. The molecule has 0 aromatic rings. The summed E-state index contributed by atoms with van der Waals surface area (Å²) in [5.74, 6) is 4.48. The van der Waals surface area contributed by atoms with Crippen LogP contribution in [0.5, 0.6) is 0 Å². The molecular weight excluding hydrogens is 693 g/mol. The Morgan fingerprint density at radius 2 is 1.33 bits per heavy atom. The van der Waals surface area contributed by atoms with E-state index in [4.69, 9.17) is 9.84 Å². The van der Waals surface area contributed by atoms with Gasteiger partial charge in [-0.05, 0) is 16.9 Å². The Morgan fingerprint density at radius 1 is 0.750 bits per heavy atom. The number of thioether (sulfide) groups is 11. The van der Waals surface area contributed by atoms with Gasteiger partial charge in [0.1, 0.15) is 11.7 Å². The van der Waals surface area contributed by atoms with E-state index in [2.05, 4.69) is 6.92 Å². The van der Waals surface area contributed by atoms with Gasteiger partial charge in [-0.2, -0.15) is 11.8 Å². The highest BCUT2D eigenvalue weighted by Crippen LogP contribution is 2.25. The second-order valence-electron chi connectivity index (χ2n) is 5.99. The minimum Gasteiger partial charge on any atom is -0.616 e. The van der Waals surface area contributed by atoms with Gasteiger partial charge in [0.25, 0.3) is 0 Å². The van der Waals surface area contributed by atoms with Crippen LogP contribution in [0.2, 0.25) is 0 Å². The van der Waals surface area contributed by atoms with Crippen LogP contribution in [0.15, 0.2) is 0 Å². The van der Waals surface area contributed by atoms with Gasteiger partial charge in [-0.1, -0.05) is 30.4 Å². The zero-order valence-electron chi connectivity index (χ0n) is 20.3. The summed E-state index contributed by atoms with van der Waals surface area (Å²) in [7, 11) is 0. The van der Waals surface area contributed by atoms with Crippen molar-refractivity contribution >= 4 is 152 Å². The van der Waals surface area contributed by atoms with Crippen LogP contribution in [0, 0.1) is 0 Å². The molecule has 0 aliphatic heterocycles. The maximum atomic E-state index is 12.0. The number of esters is 1. The number of hydrogen-bond acceptors (Lipinski definition) is 16. The fourth-order valence-electron chi connectivity index (χ4n) is 1.68. The van der Waals surface area contributed by atoms with Crippen molar-refractivity contribution in [1.82, 2.24) is 0 Å². The summed E-state index contributed by atoms with van der Waals surface area (Å²) in [5.41, 5.74) is 0. The molecule has 0 rings (SSSR count). The number of rotatable bonds is 28. The van der Waals surface area contributed by atoms with Crippen molar-refractivity contribution < 1.29 is 24.0 Å². The molecule has 1 N–H and O–H groups in total. The van der Waals surface area contributed by atoms with E-state index in [-0.39, 0.29) is 17.7 Å². The molecule has 0 aromatic carbocycles. The molecule has 0 spiro atoms. The fourth-order valence-corrected chi connectivity index (χ4v) is 15.5. The van der Waals surface area contributed by atoms with Gasteiger partial charge in [-0.3, -0.25) is 9.59 Å². The van der Waals surface area contributed by atoms with Crippen molar-refractivity contribution in [1.29, 1.82) is 0 Å². The predicted molar refractivity (Wildman–Crippen MR) is 189 cm³/mol. The van der Waals surface area contributed by atoms with Gasteiger partial charge in [0.05, 0.1) is 18.1 Å².